The lowest BCUT2D eigenvalue weighted by atomic mass is 9.53. The van der Waals surface area contributed by atoms with Crippen molar-refractivity contribution in [3.05, 3.63) is 0 Å². The van der Waals surface area contributed by atoms with E-state index in [2.05, 4.69) is 10.6 Å². The van der Waals surface area contributed by atoms with Crippen LogP contribution >= 0.6 is 0 Å². The van der Waals surface area contributed by atoms with Gasteiger partial charge in [-0.15, -0.1) is 0 Å². The second-order valence-corrected chi connectivity index (χ2v) is 10.4. The van der Waals surface area contributed by atoms with Gasteiger partial charge in [-0.25, -0.2) is 4.79 Å². The number of ether oxygens (including phenoxy) is 1. The molecule has 6 fully saturated rings. The normalized spacial score (nSPS) is 36.8. The molecule has 6 rings (SSSR count). The Labute approximate surface area is 176 Å². The summed E-state index contributed by atoms with van der Waals surface area (Å²) in [6.45, 7) is 1.10. The molecule has 0 radical (unpaired) electrons. The summed E-state index contributed by atoms with van der Waals surface area (Å²) in [5.74, 6) is 0.745. The molecular formula is C22H31N3O5. The van der Waals surface area contributed by atoms with Crippen molar-refractivity contribution < 1.29 is 23.9 Å². The van der Waals surface area contributed by atoms with E-state index in [0.717, 1.165) is 37.0 Å². The molecule has 0 unspecified atom stereocenters. The van der Waals surface area contributed by atoms with E-state index in [-0.39, 0.29) is 17.4 Å². The smallest absolute Gasteiger partial charge is 0.327 e. The summed E-state index contributed by atoms with van der Waals surface area (Å²) in [4.78, 5) is 51.0. The number of hydrogen-bond acceptors (Lipinski definition) is 5. The zero-order valence-electron chi connectivity index (χ0n) is 17.6. The molecule has 0 aromatic rings. The summed E-state index contributed by atoms with van der Waals surface area (Å²) in [5.41, 5.74) is -0.995. The van der Waals surface area contributed by atoms with Gasteiger partial charge in [-0.3, -0.25) is 19.3 Å². The maximum absolute atomic E-state index is 12.8. The molecule has 1 spiro atoms. The first-order valence-electron chi connectivity index (χ1n) is 11.4. The predicted octanol–water partition coefficient (Wildman–Crippen LogP) is 1.87. The quantitative estimate of drug-likeness (QED) is 0.525. The standard InChI is InChI=1S/C22H31N3O5/c1-13(18(27)23-21-9-14-6-15(10-21)8-16(7-14)11-21)30-17(26)12-25-19(28)22(24-20(25)29)4-2-3-5-22/h13-16H,2-12H2,1H3,(H,23,27)(H,24,29)/t13-,14?,15?,16?,21?/m1/s1. The van der Waals surface area contributed by atoms with Gasteiger partial charge in [0.05, 0.1) is 0 Å². The molecule has 1 aliphatic heterocycles. The molecule has 6 aliphatic rings. The number of urea groups is 1. The Morgan fingerprint density at radius 1 is 1.10 bits per heavy atom. The molecular weight excluding hydrogens is 386 g/mol. The lowest BCUT2D eigenvalue weighted by Crippen LogP contribution is -2.61. The van der Waals surface area contributed by atoms with Gasteiger partial charge in [-0.05, 0) is 76.0 Å². The van der Waals surface area contributed by atoms with Crippen molar-refractivity contribution in [2.75, 3.05) is 6.54 Å². The van der Waals surface area contributed by atoms with Gasteiger partial charge in [0.2, 0.25) is 0 Å². The number of esters is 1. The molecule has 164 valence electrons. The van der Waals surface area contributed by atoms with Crippen LogP contribution in [0.15, 0.2) is 0 Å². The van der Waals surface area contributed by atoms with Crippen LogP contribution in [0.3, 0.4) is 0 Å². The number of carbonyl (C=O) groups excluding carboxylic acids is 4. The largest absolute Gasteiger partial charge is 0.451 e. The van der Waals surface area contributed by atoms with Crippen LogP contribution in [-0.2, 0) is 19.1 Å². The molecule has 8 nitrogen and oxygen atoms in total. The van der Waals surface area contributed by atoms with E-state index in [1.54, 1.807) is 6.92 Å². The Hall–Kier alpha value is -2.12. The van der Waals surface area contributed by atoms with Crippen molar-refractivity contribution in [3.8, 4) is 0 Å². The Balaban J connectivity index is 1.16. The van der Waals surface area contributed by atoms with Gasteiger partial charge in [0.25, 0.3) is 11.8 Å². The van der Waals surface area contributed by atoms with Crippen LogP contribution in [0.4, 0.5) is 4.79 Å². The molecule has 4 bridgehead atoms. The fraction of sp³-hybridized carbons (Fsp3) is 0.818. The minimum atomic E-state index is -0.952. The van der Waals surface area contributed by atoms with E-state index in [9.17, 15) is 19.2 Å². The summed E-state index contributed by atoms with van der Waals surface area (Å²) in [6, 6.07) is -0.551. The van der Waals surface area contributed by atoms with Crippen molar-refractivity contribution >= 4 is 23.8 Å². The molecule has 1 heterocycles. The second-order valence-electron chi connectivity index (χ2n) is 10.4. The van der Waals surface area contributed by atoms with Gasteiger partial charge in [0.15, 0.2) is 6.10 Å². The number of nitrogens with zero attached hydrogens (tertiary/aromatic N) is 1. The molecule has 8 heteroatoms. The number of nitrogens with one attached hydrogen (secondary N) is 2. The van der Waals surface area contributed by atoms with Crippen LogP contribution in [0, 0.1) is 17.8 Å². The van der Waals surface area contributed by atoms with Gasteiger partial charge in [-0.1, -0.05) is 12.8 Å². The van der Waals surface area contributed by atoms with Crippen LogP contribution in [0.5, 0.6) is 0 Å². The lowest BCUT2D eigenvalue weighted by molar-refractivity contribution is -0.158. The molecule has 0 aromatic heterocycles. The fourth-order valence-corrected chi connectivity index (χ4v) is 7.18. The summed E-state index contributed by atoms with van der Waals surface area (Å²) < 4.78 is 5.31. The SMILES string of the molecule is C[C@@H](OC(=O)CN1C(=O)NC2(CCCC2)C1=O)C(=O)NC12CC3CC(CC(C3)C1)C2. The average Bonchev–Trinajstić information content (AvgIpc) is 3.21. The van der Waals surface area contributed by atoms with E-state index < -0.39 is 30.2 Å². The fourth-order valence-electron chi connectivity index (χ4n) is 7.18. The van der Waals surface area contributed by atoms with Crippen LogP contribution in [0.25, 0.3) is 0 Å². The first-order chi connectivity index (χ1) is 14.3. The van der Waals surface area contributed by atoms with Crippen molar-refractivity contribution in [3.63, 3.8) is 0 Å². The Bertz CT molecular complexity index is 752. The third kappa shape index (κ3) is 3.28. The first kappa shape index (κ1) is 19.8. The molecule has 30 heavy (non-hydrogen) atoms. The van der Waals surface area contributed by atoms with E-state index in [1.807, 2.05) is 0 Å². The zero-order chi connectivity index (χ0) is 21.1. The van der Waals surface area contributed by atoms with E-state index in [1.165, 1.54) is 19.3 Å². The third-order valence-corrected chi connectivity index (χ3v) is 8.09. The molecule has 5 aliphatic carbocycles. The van der Waals surface area contributed by atoms with Crippen molar-refractivity contribution in [1.82, 2.24) is 15.5 Å². The van der Waals surface area contributed by atoms with E-state index in [4.69, 9.17) is 4.74 Å². The minimum absolute atomic E-state index is 0.147. The maximum Gasteiger partial charge on any atom is 0.327 e. The predicted molar refractivity (Wildman–Crippen MR) is 106 cm³/mol. The number of imide groups is 1. The highest BCUT2D eigenvalue weighted by Gasteiger charge is 2.53. The van der Waals surface area contributed by atoms with Crippen LogP contribution in [-0.4, -0.2) is 52.4 Å². The molecule has 0 aromatic carbocycles. The maximum atomic E-state index is 12.8. The summed E-state index contributed by atoms with van der Waals surface area (Å²) in [6.07, 6.45) is 8.94. The molecule has 4 amide bonds. The minimum Gasteiger partial charge on any atom is -0.451 e. The van der Waals surface area contributed by atoms with Crippen LogP contribution in [0.2, 0.25) is 0 Å². The highest BCUT2D eigenvalue weighted by Crippen LogP contribution is 2.55. The van der Waals surface area contributed by atoms with Gasteiger partial charge in [-0.2, -0.15) is 0 Å². The topological polar surface area (TPSA) is 105 Å². The van der Waals surface area contributed by atoms with Gasteiger partial charge in [0, 0.05) is 5.54 Å². The number of hydrogen-bond donors (Lipinski definition) is 2. The zero-order valence-corrected chi connectivity index (χ0v) is 17.6. The van der Waals surface area contributed by atoms with Crippen molar-refractivity contribution in [2.24, 2.45) is 17.8 Å². The number of rotatable bonds is 5. The van der Waals surface area contributed by atoms with Crippen LogP contribution in [0.1, 0.15) is 71.1 Å². The molecule has 2 N–H and O–H groups in total. The molecule has 1 atom stereocenters. The van der Waals surface area contributed by atoms with Crippen molar-refractivity contribution in [2.45, 2.75) is 88.3 Å². The van der Waals surface area contributed by atoms with Crippen LogP contribution < -0.4 is 10.6 Å². The Morgan fingerprint density at radius 3 is 2.23 bits per heavy atom. The van der Waals surface area contributed by atoms with E-state index >= 15 is 0 Å². The van der Waals surface area contributed by atoms with Gasteiger partial charge >= 0.3 is 12.0 Å². The molecule has 5 saturated carbocycles. The van der Waals surface area contributed by atoms with E-state index in [0.29, 0.717) is 30.6 Å². The number of amides is 4. The second kappa shape index (κ2) is 6.95. The first-order valence-corrected chi connectivity index (χ1v) is 11.4. The lowest BCUT2D eigenvalue weighted by Gasteiger charge is -2.57. The summed E-state index contributed by atoms with van der Waals surface area (Å²) in [7, 11) is 0. The Kier molecular flexibility index (Phi) is 4.59. The third-order valence-electron chi connectivity index (χ3n) is 8.09. The summed E-state index contributed by atoms with van der Waals surface area (Å²) in [5, 5.41) is 5.95. The highest BCUT2D eigenvalue weighted by atomic mass is 16.5. The van der Waals surface area contributed by atoms with Gasteiger partial charge < -0.3 is 15.4 Å². The average molecular weight is 418 g/mol. The molecule has 1 saturated heterocycles. The highest BCUT2D eigenvalue weighted by molar-refractivity contribution is 6.08. The van der Waals surface area contributed by atoms with Crippen molar-refractivity contribution in [1.29, 1.82) is 0 Å². The monoisotopic (exact) mass is 417 g/mol. The Morgan fingerprint density at radius 2 is 1.67 bits per heavy atom. The van der Waals surface area contributed by atoms with Gasteiger partial charge in [0.1, 0.15) is 12.1 Å². The summed E-state index contributed by atoms with van der Waals surface area (Å²) >= 11 is 0. The number of carbonyl (C=O) groups is 4.